The number of hydrogen-bond donors (Lipinski definition) is 1. The maximum Gasteiger partial charge on any atom is 0.176 e. The second kappa shape index (κ2) is 3.99. The highest BCUT2D eigenvalue weighted by molar-refractivity contribution is 7.05. The van der Waals surface area contributed by atoms with E-state index in [1.807, 2.05) is 6.92 Å². The van der Waals surface area contributed by atoms with E-state index < -0.39 is 0 Å². The van der Waals surface area contributed by atoms with E-state index in [0.717, 1.165) is 10.6 Å². The lowest BCUT2D eigenvalue weighted by atomic mass is 10.1. The zero-order valence-electron chi connectivity index (χ0n) is 8.45. The first-order valence-corrected chi connectivity index (χ1v) is 5.21. The van der Waals surface area contributed by atoms with Crippen LogP contribution in [-0.4, -0.2) is 29.8 Å². The summed E-state index contributed by atoms with van der Waals surface area (Å²) >= 11 is 1.31. The van der Waals surface area contributed by atoms with Gasteiger partial charge in [-0.05, 0) is 23.7 Å². The maximum absolute atomic E-state index is 5.99. The van der Waals surface area contributed by atoms with Crippen molar-refractivity contribution in [2.45, 2.75) is 19.4 Å². The van der Waals surface area contributed by atoms with Gasteiger partial charge in [0.2, 0.25) is 0 Å². The summed E-state index contributed by atoms with van der Waals surface area (Å²) in [6, 6.07) is -0.158. The molecular formula is C7H11N7S. The largest absolute Gasteiger partial charge is 0.323 e. The molecule has 0 radical (unpaired) electrons. The third-order valence-corrected chi connectivity index (χ3v) is 2.93. The molecule has 1 unspecified atom stereocenters. The molecule has 2 N–H and O–H groups in total. The van der Waals surface area contributed by atoms with Gasteiger partial charge in [-0.3, -0.25) is 0 Å². The summed E-state index contributed by atoms with van der Waals surface area (Å²) < 4.78 is 3.84. The van der Waals surface area contributed by atoms with Crippen molar-refractivity contribution in [3.63, 3.8) is 0 Å². The molecule has 0 aliphatic carbocycles. The summed E-state index contributed by atoms with van der Waals surface area (Å²) in [6.45, 7) is 1.89. The van der Waals surface area contributed by atoms with Crippen LogP contribution in [0.15, 0.2) is 0 Å². The van der Waals surface area contributed by atoms with Crippen molar-refractivity contribution in [1.82, 2.24) is 29.8 Å². The third-order valence-electron chi connectivity index (χ3n) is 1.98. The zero-order chi connectivity index (χ0) is 10.8. The van der Waals surface area contributed by atoms with Crippen LogP contribution >= 0.6 is 11.5 Å². The smallest absolute Gasteiger partial charge is 0.176 e. The highest BCUT2D eigenvalue weighted by atomic mass is 32.1. The Morgan fingerprint density at radius 2 is 2.27 bits per heavy atom. The van der Waals surface area contributed by atoms with Gasteiger partial charge in [0.05, 0.1) is 17.6 Å². The fraction of sp³-hybridized carbons (Fsp3) is 0.571. The van der Waals surface area contributed by atoms with Gasteiger partial charge in [0.25, 0.3) is 0 Å². The summed E-state index contributed by atoms with van der Waals surface area (Å²) in [5.41, 5.74) is 6.87. The summed E-state index contributed by atoms with van der Waals surface area (Å²) in [4.78, 5) is 2.39. The molecule has 15 heavy (non-hydrogen) atoms. The summed E-state index contributed by atoms with van der Waals surface area (Å²) in [6.07, 6.45) is 0.554. The first-order chi connectivity index (χ1) is 7.16. The van der Waals surface area contributed by atoms with Crippen molar-refractivity contribution in [2.75, 3.05) is 0 Å². The molecule has 0 aliphatic heterocycles. The average molecular weight is 225 g/mol. The molecule has 0 fully saturated rings. The first-order valence-electron chi connectivity index (χ1n) is 4.44. The molecule has 7 nitrogen and oxygen atoms in total. The van der Waals surface area contributed by atoms with E-state index in [2.05, 4.69) is 25.0 Å². The Morgan fingerprint density at radius 3 is 2.80 bits per heavy atom. The molecule has 0 saturated heterocycles. The Labute approximate surface area is 90.5 Å². The quantitative estimate of drug-likeness (QED) is 0.764. The Hall–Kier alpha value is -1.41. The van der Waals surface area contributed by atoms with Crippen LogP contribution in [0.3, 0.4) is 0 Å². The van der Waals surface area contributed by atoms with E-state index >= 15 is 0 Å². The number of aryl methyl sites for hydroxylation is 2. The molecule has 80 valence electrons. The third kappa shape index (κ3) is 2.16. The van der Waals surface area contributed by atoms with Crippen molar-refractivity contribution in [2.24, 2.45) is 12.8 Å². The summed E-state index contributed by atoms with van der Waals surface area (Å²) in [7, 11) is 1.72. The van der Waals surface area contributed by atoms with Crippen LogP contribution in [0.4, 0.5) is 0 Å². The van der Waals surface area contributed by atoms with Gasteiger partial charge in [0.15, 0.2) is 5.82 Å². The van der Waals surface area contributed by atoms with Gasteiger partial charge >= 0.3 is 0 Å². The molecule has 8 heteroatoms. The van der Waals surface area contributed by atoms with Gasteiger partial charge in [-0.2, -0.15) is 4.80 Å². The van der Waals surface area contributed by atoms with Gasteiger partial charge in [-0.1, -0.05) is 4.49 Å². The average Bonchev–Trinajstić information content (AvgIpc) is 2.75. The van der Waals surface area contributed by atoms with Gasteiger partial charge in [0, 0.05) is 12.5 Å². The molecule has 0 amide bonds. The molecule has 1 atom stereocenters. The molecule has 2 aromatic heterocycles. The van der Waals surface area contributed by atoms with Crippen LogP contribution in [0.2, 0.25) is 0 Å². The normalized spacial score (nSPS) is 13.0. The van der Waals surface area contributed by atoms with Gasteiger partial charge < -0.3 is 5.73 Å². The molecule has 0 aliphatic rings. The number of hydrogen-bond acceptors (Lipinski definition) is 7. The van der Waals surface area contributed by atoms with Gasteiger partial charge in [-0.25, -0.2) is 0 Å². The van der Waals surface area contributed by atoms with Crippen LogP contribution in [0.1, 0.15) is 22.4 Å². The van der Waals surface area contributed by atoms with E-state index in [1.54, 1.807) is 7.05 Å². The fourth-order valence-electron chi connectivity index (χ4n) is 1.27. The minimum atomic E-state index is -0.158. The van der Waals surface area contributed by atoms with Crippen LogP contribution < -0.4 is 5.73 Å². The topological polar surface area (TPSA) is 95.4 Å². The molecule has 2 heterocycles. The lowest BCUT2D eigenvalue weighted by molar-refractivity contribution is 0.623. The molecule has 0 spiro atoms. The van der Waals surface area contributed by atoms with E-state index in [9.17, 15) is 0 Å². The standard InChI is InChI=1S/C7H11N7S/c1-4-7(15-13-9-4)5(8)3-6-10-12-14(2)11-6/h5H,3,8H2,1-2H3. The fourth-order valence-corrected chi connectivity index (χ4v) is 1.91. The van der Waals surface area contributed by atoms with E-state index in [-0.39, 0.29) is 6.04 Å². The van der Waals surface area contributed by atoms with Crippen molar-refractivity contribution in [3.05, 3.63) is 16.4 Å². The van der Waals surface area contributed by atoms with Crippen LogP contribution in [0, 0.1) is 6.92 Å². The van der Waals surface area contributed by atoms with Crippen LogP contribution in [-0.2, 0) is 13.5 Å². The second-order valence-corrected chi connectivity index (χ2v) is 4.01. The van der Waals surface area contributed by atoms with Gasteiger partial charge in [-0.15, -0.1) is 15.3 Å². The lowest BCUT2D eigenvalue weighted by Gasteiger charge is -2.05. The highest BCUT2D eigenvalue weighted by Crippen LogP contribution is 2.19. The maximum atomic E-state index is 5.99. The zero-order valence-corrected chi connectivity index (χ0v) is 9.27. The minimum Gasteiger partial charge on any atom is -0.323 e. The predicted molar refractivity (Wildman–Crippen MR) is 54.1 cm³/mol. The lowest BCUT2D eigenvalue weighted by Crippen LogP contribution is -2.14. The van der Waals surface area contributed by atoms with Crippen molar-refractivity contribution in [3.8, 4) is 0 Å². The van der Waals surface area contributed by atoms with Crippen molar-refractivity contribution in [1.29, 1.82) is 0 Å². The Bertz CT molecular complexity index is 448. The minimum absolute atomic E-state index is 0.158. The number of nitrogens with two attached hydrogens (primary N) is 1. The van der Waals surface area contributed by atoms with Gasteiger partial charge in [0.1, 0.15) is 0 Å². The Kier molecular flexibility index (Phi) is 2.69. The Balaban J connectivity index is 2.10. The molecule has 0 bridgehead atoms. The summed E-state index contributed by atoms with van der Waals surface area (Å²) in [5, 5.41) is 15.6. The number of tetrazole rings is 1. The Morgan fingerprint density at radius 1 is 1.47 bits per heavy atom. The molecule has 0 aromatic carbocycles. The van der Waals surface area contributed by atoms with E-state index in [1.165, 1.54) is 16.3 Å². The van der Waals surface area contributed by atoms with Crippen molar-refractivity contribution >= 4 is 11.5 Å². The van der Waals surface area contributed by atoms with Crippen LogP contribution in [0.25, 0.3) is 0 Å². The summed E-state index contributed by atoms with van der Waals surface area (Å²) in [5.74, 6) is 0.637. The molecule has 2 rings (SSSR count). The van der Waals surface area contributed by atoms with E-state index in [0.29, 0.717) is 12.2 Å². The molecule has 2 aromatic rings. The SMILES string of the molecule is Cc1nnsc1C(N)Cc1nnn(C)n1. The van der Waals surface area contributed by atoms with E-state index in [4.69, 9.17) is 5.73 Å². The number of nitrogens with zero attached hydrogens (tertiary/aromatic N) is 6. The molecule has 0 saturated carbocycles. The predicted octanol–water partition coefficient (Wildman–Crippen LogP) is -0.387. The van der Waals surface area contributed by atoms with Crippen molar-refractivity contribution < 1.29 is 0 Å². The number of rotatable bonds is 3. The monoisotopic (exact) mass is 225 g/mol. The number of aromatic nitrogens is 6. The van der Waals surface area contributed by atoms with Crippen LogP contribution in [0.5, 0.6) is 0 Å². The first kappa shape index (κ1) is 10.1. The highest BCUT2D eigenvalue weighted by Gasteiger charge is 2.15. The second-order valence-electron chi connectivity index (χ2n) is 3.23. The molecular weight excluding hydrogens is 214 g/mol.